The first-order valence-corrected chi connectivity index (χ1v) is 9.55. The van der Waals surface area contributed by atoms with Crippen LogP contribution in [0.4, 0.5) is 0 Å². The van der Waals surface area contributed by atoms with E-state index in [2.05, 4.69) is 28.1 Å². The van der Waals surface area contributed by atoms with Gasteiger partial charge in [0.1, 0.15) is 5.75 Å². The van der Waals surface area contributed by atoms with Gasteiger partial charge in [0.15, 0.2) is 0 Å². The second-order valence-corrected chi connectivity index (χ2v) is 8.00. The molecule has 0 aromatic carbocycles. The first kappa shape index (κ1) is 17.7. The van der Waals surface area contributed by atoms with Crippen molar-refractivity contribution in [3.63, 3.8) is 0 Å². The number of nitrogens with one attached hydrogen (secondary N) is 3. The number of rotatable bonds is 6. The van der Waals surface area contributed by atoms with Crippen molar-refractivity contribution in [1.82, 2.24) is 21.2 Å². The zero-order valence-electron chi connectivity index (χ0n) is 15.3. The van der Waals surface area contributed by atoms with Crippen molar-refractivity contribution in [2.45, 2.75) is 56.8 Å². The van der Waals surface area contributed by atoms with E-state index in [1.165, 1.54) is 12.8 Å². The summed E-state index contributed by atoms with van der Waals surface area (Å²) in [6, 6.07) is 2.06. The van der Waals surface area contributed by atoms with Gasteiger partial charge in [-0.1, -0.05) is 0 Å². The monoisotopic (exact) mass is 360 g/mol. The Balaban J connectivity index is 1.53. The molecule has 1 amide bonds. The number of aliphatic hydroxyl groups is 1. The second kappa shape index (κ2) is 7.13. The van der Waals surface area contributed by atoms with Crippen LogP contribution in [0.25, 0.3) is 0 Å². The third-order valence-electron chi connectivity index (χ3n) is 6.08. The van der Waals surface area contributed by atoms with Gasteiger partial charge in [-0.05, 0) is 56.1 Å². The summed E-state index contributed by atoms with van der Waals surface area (Å²) < 4.78 is 5.29. The second-order valence-electron chi connectivity index (χ2n) is 8.00. The van der Waals surface area contributed by atoms with Crippen LogP contribution in [-0.4, -0.2) is 41.3 Å². The average molecular weight is 360 g/mol. The van der Waals surface area contributed by atoms with Crippen LogP contribution >= 0.6 is 0 Å². The van der Waals surface area contributed by atoms with E-state index < -0.39 is 0 Å². The van der Waals surface area contributed by atoms with Gasteiger partial charge in [-0.2, -0.15) is 0 Å². The summed E-state index contributed by atoms with van der Waals surface area (Å²) >= 11 is 0. The molecule has 1 aliphatic heterocycles. The molecule has 26 heavy (non-hydrogen) atoms. The van der Waals surface area contributed by atoms with Gasteiger partial charge in [0.25, 0.3) is 0 Å². The van der Waals surface area contributed by atoms with E-state index in [1.54, 1.807) is 19.5 Å². The van der Waals surface area contributed by atoms with Crippen molar-refractivity contribution in [2.24, 2.45) is 17.8 Å². The largest absolute Gasteiger partial charge is 0.495 e. The zero-order chi connectivity index (χ0) is 18.3. The highest BCUT2D eigenvalue weighted by atomic mass is 16.5. The standard InChI is InChI=1S/C19H28N4O3/c1-10-16(18(23-22-10)11-3-4-11)19(25)21-17(12-5-14(24)6-12)13-7-15(26-2)9-20-8-13/h7-12,14,16-18,22-24H,3-6H2,1-2H3,(H,21,25). The quantitative estimate of drug-likeness (QED) is 0.602. The number of aromatic nitrogens is 1. The third kappa shape index (κ3) is 3.43. The lowest BCUT2D eigenvalue weighted by molar-refractivity contribution is -0.127. The lowest BCUT2D eigenvalue weighted by atomic mass is 9.75. The molecule has 3 fully saturated rings. The van der Waals surface area contributed by atoms with Crippen LogP contribution in [0.3, 0.4) is 0 Å². The number of hydrogen-bond donors (Lipinski definition) is 4. The molecule has 0 spiro atoms. The Morgan fingerprint density at radius 1 is 1.35 bits per heavy atom. The van der Waals surface area contributed by atoms with Gasteiger partial charge >= 0.3 is 0 Å². The van der Waals surface area contributed by atoms with Crippen LogP contribution in [0.1, 0.15) is 44.2 Å². The molecule has 4 unspecified atom stereocenters. The lowest BCUT2D eigenvalue weighted by Gasteiger charge is -2.39. The highest BCUT2D eigenvalue weighted by Gasteiger charge is 2.47. The van der Waals surface area contributed by atoms with Gasteiger partial charge in [0, 0.05) is 18.3 Å². The molecule has 1 saturated heterocycles. The number of hydrazine groups is 1. The van der Waals surface area contributed by atoms with Gasteiger partial charge in [0.2, 0.25) is 5.91 Å². The van der Waals surface area contributed by atoms with Gasteiger partial charge in [0.05, 0.1) is 31.4 Å². The van der Waals surface area contributed by atoms with E-state index in [4.69, 9.17) is 4.74 Å². The number of ether oxygens (including phenoxy) is 1. The van der Waals surface area contributed by atoms with E-state index in [-0.39, 0.29) is 42.0 Å². The van der Waals surface area contributed by atoms with Crippen LogP contribution in [-0.2, 0) is 4.79 Å². The number of carbonyl (C=O) groups is 1. The Morgan fingerprint density at radius 3 is 2.77 bits per heavy atom. The molecular weight excluding hydrogens is 332 g/mol. The minimum Gasteiger partial charge on any atom is -0.495 e. The Bertz CT molecular complexity index is 660. The SMILES string of the molecule is COc1cncc(C(NC(=O)C2C(C)NNC2C2CC2)C2CC(O)C2)c1. The molecule has 7 nitrogen and oxygen atoms in total. The van der Waals surface area contributed by atoms with Gasteiger partial charge in [-0.15, -0.1) is 0 Å². The average Bonchev–Trinajstić information content (AvgIpc) is 3.39. The lowest BCUT2D eigenvalue weighted by Crippen LogP contribution is -2.47. The summed E-state index contributed by atoms with van der Waals surface area (Å²) in [5.74, 6) is 1.47. The molecule has 3 aliphatic rings. The smallest absolute Gasteiger partial charge is 0.226 e. The molecule has 1 aromatic rings. The molecule has 0 bridgehead atoms. The maximum Gasteiger partial charge on any atom is 0.226 e. The van der Waals surface area contributed by atoms with Crippen molar-refractivity contribution in [3.8, 4) is 5.75 Å². The van der Waals surface area contributed by atoms with E-state index in [1.807, 2.05) is 6.07 Å². The minimum atomic E-state index is -0.272. The Hall–Kier alpha value is -1.70. The van der Waals surface area contributed by atoms with Crippen molar-refractivity contribution in [2.75, 3.05) is 7.11 Å². The molecule has 142 valence electrons. The van der Waals surface area contributed by atoms with Crippen LogP contribution in [0.15, 0.2) is 18.5 Å². The summed E-state index contributed by atoms with van der Waals surface area (Å²) in [5.41, 5.74) is 7.48. The number of pyridine rings is 1. The predicted molar refractivity (Wildman–Crippen MR) is 96.1 cm³/mol. The summed E-state index contributed by atoms with van der Waals surface area (Å²) in [6.45, 7) is 2.05. The van der Waals surface area contributed by atoms with E-state index in [0.29, 0.717) is 24.5 Å². The summed E-state index contributed by atoms with van der Waals surface area (Å²) in [6.07, 6.45) is 6.95. The fraction of sp³-hybridized carbons (Fsp3) is 0.684. The minimum absolute atomic E-state index is 0.0705. The topological polar surface area (TPSA) is 95.5 Å². The van der Waals surface area contributed by atoms with Crippen molar-refractivity contribution in [1.29, 1.82) is 0 Å². The molecule has 0 radical (unpaired) electrons. The number of nitrogens with zero attached hydrogens (tertiary/aromatic N) is 1. The molecule has 7 heteroatoms. The predicted octanol–water partition coefficient (Wildman–Crippen LogP) is 0.909. The van der Waals surface area contributed by atoms with Crippen LogP contribution in [0.5, 0.6) is 5.75 Å². The van der Waals surface area contributed by atoms with Crippen LogP contribution in [0.2, 0.25) is 0 Å². The molecule has 4 rings (SSSR count). The molecular formula is C19H28N4O3. The zero-order valence-corrected chi connectivity index (χ0v) is 15.3. The van der Waals surface area contributed by atoms with Gasteiger partial charge in [-0.25, -0.2) is 0 Å². The Kier molecular flexibility index (Phi) is 4.86. The van der Waals surface area contributed by atoms with Crippen molar-refractivity contribution in [3.05, 3.63) is 24.0 Å². The maximum atomic E-state index is 13.2. The van der Waals surface area contributed by atoms with E-state index in [9.17, 15) is 9.90 Å². The fourth-order valence-corrected chi connectivity index (χ4v) is 4.32. The first-order valence-electron chi connectivity index (χ1n) is 9.55. The maximum absolute atomic E-state index is 13.2. The van der Waals surface area contributed by atoms with Crippen LogP contribution < -0.4 is 20.9 Å². The molecule has 2 aliphatic carbocycles. The third-order valence-corrected chi connectivity index (χ3v) is 6.08. The van der Waals surface area contributed by atoms with Gasteiger partial charge in [-0.3, -0.25) is 20.6 Å². The Labute approximate surface area is 153 Å². The number of aliphatic hydroxyl groups excluding tert-OH is 1. The molecule has 2 heterocycles. The molecule has 1 aromatic heterocycles. The van der Waals surface area contributed by atoms with Gasteiger partial charge < -0.3 is 15.2 Å². The number of carbonyl (C=O) groups excluding carboxylic acids is 1. The van der Waals surface area contributed by atoms with E-state index >= 15 is 0 Å². The summed E-state index contributed by atoms with van der Waals surface area (Å²) in [7, 11) is 1.61. The van der Waals surface area contributed by atoms with Crippen molar-refractivity contribution < 1.29 is 14.6 Å². The highest BCUT2D eigenvalue weighted by Crippen LogP contribution is 2.41. The summed E-state index contributed by atoms with van der Waals surface area (Å²) in [5, 5.41) is 13.0. The number of methoxy groups -OCH3 is 1. The number of amides is 1. The first-order chi connectivity index (χ1) is 12.6. The summed E-state index contributed by atoms with van der Waals surface area (Å²) in [4.78, 5) is 17.4. The van der Waals surface area contributed by atoms with Crippen LogP contribution in [0, 0.1) is 17.8 Å². The molecule has 4 N–H and O–H groups in total. The highest BCUT2D eigenvalue weighted by molar-refractivity contribution is 5.81. The molecule has 4 atom stereocenters. The molecule has 2 saturated carbocycles. The number of hydrogen-bond acceptors (Lipinski definition) is 6. The van der Waals surface area contributed by atoms with E-state index in [0.717, 1.165) is 5.56 Å². The Morgan fingerprint density at radius 2 is 2.12 bits per heavy atom. The van der Waals surface area contributed by atoms with Crippen molar-refractivity contribution >= 4 is 5.91 Å². The fourth-order valence-electron chi connectivity index (χ4n) is 4.32. The normalized spacial score (nSPS) is 34.8.